The van der Waals surface area contributed by atoms with Crippen molar-refractivity contribution < 1.29 is 4.79 Å². The maximum Gasteiger partial charge on any atom is 0.236 e. The zero-order valence-electron chi connectivity index (χ0n) is 13.6. The molecule has 0 unspecified atom stereocenters. The Morgan fingerprint density at radius 3 is 2.40 bits per heavy atom. The van der Waals surface area contributed by atoms with E-state index in [0.717, 1.165) is 24.1 Å². The van der Waals surface area contributed by atoms with Gasteiger partial charge in [0.15, 0.2) is 0 Å². The second-order valence-corrected chi connectivity index (χ2v) is 5.98. The SMILES string of the molecule is N#Cc1ccc(C2(C(=O)NC(=N)/C=C\Nc3ccccc3)CC2)cc1. The summed E-state index contributed by atoms with van der Waals surface area (Å²) in [4.78, 5) is 12.6. The number of nitrogens with zero attached hydrogens (tertiary/aromatic N) is 1. The van der Waals surface area contributed by atoms with E-state index < -0.39 is 5.41 Å². The molecular formula is C20H18N4O. The number of para-hydroxylation sites is 1. The fraction of sp³-hybridized carbons (Fsp3) is 0.150. The van der Waals surface area contributed by atoms with E-state index in [9.17, 15) is 4.79 Å². The van der Waals surface area contributed by atoms with Crippen LogP contribution in [0.3, 0.4) is 0 Å². The molecule has 0 heterocycles. The molecule has 1 aliphatic carbocycles. The monoisotopic (exact) mass is 330 g/mol. The van der Waals surface area contributed by atoms with Gasteiger partial charge in [-0.25, -0.2) is 0 Å². The zero-order valence-corrected chi connectivity index (χ0v) is 13.6. The number of nitriles is 1. The number of carbonyl (C=O) groups is 1. The van der Waals surface area contributed by atoms with E-state index in [1.54, 1.807) is 18.3 Å². The van der Waals surface area contributed by atoms with E-state index in [1.807, 2.05) is 42.5 Å². The molecule has 0 radical (unpaired) electrons. The average molecular weight is 330 g/mol. The Kier molecular flexibility index (Phi) is 4.62. The summed E-state index contributed by atoms with van der Waals surface area (Å²) >= 11 is 0. The Morgan fingerprint density at radius 1 is 1.12 bits per heavy atom. The molecular weight excluding hydrogens is 312 g/mol. The van der Waals surface area contributed by atoms with Gasteiger partial charge >= 0.3 is 0 Å². The Labute approximate surface area is 146 Å². The lowest BCUT2D eigenvalue weighted by Crippen LogP contribution is -2.37. The van der Waals surface area contributed by atoms with E-state index in [1.165, 1.54) is 6.08 Å². The number of anilines is 1. The molecule has 0 bridgehead atoms. The van der Waals surface area contributed by atoms with Gasteiger partial charge in [-0.15, -0.1) is 0 Å². The van der Waals surface area contributed by atoms with E-state index in [4.69, 9.17) is 10.7 Å². The lowest BCUT2D eigenvalue weighted by atomic mass is 9.94. The summed E-state index contributed by atoms with van der Waals surface area (Å²) < 4.78 is 0. The number of hydrogen-bond donors (Lipinski definition) is 3. The molecule has 2 aromatic carbocycles. The van der Waals surface area contributed by atoms with Gasteiger partial charge in [0, 0.05) is 11.9 Å². The molecule has 0 aliphatic heterocycles. The van der Waals surface area contributed by atoms with E-state index in [0.29, 0.717) is 5.56 Å². The third kappa shape index (κ3) is 3.75. The summed E-state index contributed by atoms with van der Waals surface area (Å²) in [6.45, 7) is 0. The highest BCUT2D eigenvalue weighted by molar-refractivity contribution is 6.07. The number of nitrogens with one attached hydrogen (secondary N) is 3. The van der Waals surface area contributed by atoms with Crippen LogP contribution in [-0.4, -0.2) is 11.7 Å². The number of benzene rings is 2. The van der Waals surface area contributed by atoms with Crippen molar-refractivity contribution in [2.24, 2.45) is 0 Å². The first-order valence-electron chi connectivity index (χ1n) is 8.03. The predicted molar refractivity (Wildman–Crippen MR) is 97.1 cm³/mol. The minimum absolute atomic E-state index is 0.0355. The molecule has 0 saturated heterocycles. The van der Waals surface area contributed by atoms with Crippen LogP contribution in [0.2, 0.25) is 0 Å². The quantitative estimate of drug-likeness (QED) is 0.580. The molecule has 3 rings (SSSR count). The van der Waals surface area contributed by atoms with Crippen LogP contribution in [0.15, 0.2) is 66.9 Å². The van der Waals surface area contributed by atoms with E-state index >= 15 is 0 Å². The van der Waals surface area contributed by atoms with Crippen LogP contribution in [0.4, 0.5) is 5.69 Å². The average Bonchev–Trinajstić information content (AvgIpc) is 3.45. The minimum atomic E-state index is -0.568. The Morgan fingerprint density at radius 2 is 1.80 bits per heavy atom. The largest absolute Gasteiger partial charge is 0.362 e. The van der Waals surface area contributed by atoms with Crippen molar-refractivity contribution in [3.05, 3.63) is 78.0 Å². The van der Waals surface area contributed by atoms with Crippen LogP contribution in [0.5, 0.6) is 0 Å². The van der Waals surface area contributed by atoms with Gasteiger partial charge in [-0.2, -0.15) is 5.26 Å². The molecule has 1 saturated carbocycles. The van der Waals surface area contributed by atoms with Gasteiger partial charge in [-0.05, 0) is 48.7 Å². The fourth-order valence-electron chi connectivity index (χ4n) is 2.67. The topological polar surface area (TPSA) is 88.8 Å². The highest BCUT2D eigenvalue weighted by Crippen LogP contribution is 2.48. The normalized spacial score (nSPS) is 14.5. The molecule has 1 amide bonds. The molecule has 5 heteroatoms. The maximum absolute atomic E-state index is 12.6. The van der Waals surface area contributed by atoms with E-state index in [2.05, 4.69) is 16.7 Å². The van der Waals surface area contributed by atoms with Gasteiger partial charge in [-0.3, -0.25) is 10.2 Å². The summed E-state index contributed by atoms with van der Waals surface area (Å²) in [6, 6.07) is 18.7. The highest BCUT2D eigenvalue weighted by Gasteiger charge is 2.51. The Hall–Kier alpha value is -3.39. The first-order chi connectivity index (χ1) is 12.1. The Bertz CT molecular complexity index is 844. The van der Waals surface area contributed by atoms with Crippen LogP contribution >= 0.6 is 0 Å². The van der Waals surface area contributed by atoms with Crippen LogP contribution in [0, 0.1) is 16.7 Å². The lowest BCUT2D eigenvalue weighted by Gasteiger charge is -2.15. The van der Waals surface area contributed by atoms with Crippen molar-refractivity contribution in [3.63, 3.8) is 0 Å². The number of carbonyl (C=O) groups excluding carboxylic acids is 1. The number of amides is 1. The van der Waals surface area contributed by atoms with Gasteiger partial charge < -0.3 is 10.6 Å². The van der Waals surface area contributed by atoms with Crippen molar-refractivity contribution in [3.8, 4) is 6.07 Å². The molecule has 0 atom stereocenters. The predicted octanol–water partition coefficient (Wildman–Crippen LogP) is 3.31. The number of rotatable bonds is 5. The zero-order chi connectivity index (χ0) is 17.7. The molecule has 1 fully saturated rings. The van der Waals surface area contributed by atoms with Crippen LogP contribution in [0.25, 0.3) is 0 Å². The van der Waals surface area contributed by atoms with Gasteiger partial charge in [0.2, 0.25) is 5.91 Å². The molecule has 25 heavy (non-hydrogen) atoms. The van der Waals surface area contributed by atoms with E-state index in [-0.39, 0.29) is 11.7 Å². The number of hydrogen-bond acceptors (Lipinski definition) is 4. The summed E-state index contributed by atoms with van der Waals surface area (Å²) in [7, 11) is 0. The van der Waals surface area contributed by atoms with Crippen LogP contribution < -0.4 is 10.6 Å². The molecule has 124 valence electrons. The van der Waals surface area contributed by atoms with Gasteiger partial charge in [0.05, 0.1) is 17.0 Å². The molecule has 5 nitrogen and oxygen atoms in total. The van der Waals surface area contributed by atoms with Crippen molar-refractivity contribution in [1.82, 2.24) is 5.32 Å². The second kappa shape index (κ2) is 7.02. The van der Waals surface area contributed by atoms with Crippen LogP contribution in [-0.2, 0) is 10.2 Å². The molecule has 1 aliphatic rings. The molecule has 2 aromatic rings. The smallest absolute Gasteiger partial charge is 0.236 e. The molecule has 3 N–H and O–H groups in total. The maximum atomic E-state index is 12.6. The lowest BCUT2D eigenvalue weighted by molar-refractivity contribution is -0.122. The van der Waals surface area contributed by atoms with Gasteiger partial charge in [0.1, 0.15) is 5.84 Å². The van der Waals surface area contributed by atoms with Gasteiger partial charge in [0.25, 0.3) is 0 Å². The van der Waals surface area contributed by atoms with Crippen molar-refractivity contribution >= 4 is 17.4 Å². The van der Waals surface area contributed by atoms with Crippen LogP contribution in [0.1, 0.15) is 24.0 Å². The minimum Gasteiger partial charge on any atom is -0.362 e. The summed E-state index contributed by atoms with van der Waals surface area (Å²) in [5.41, 5.74) is 1.81. The third-order valence-corrected chi connectivity index (χ3v) is 4.27. The molecule has 0 aromatic heterocycles. The number of amidine groups is 1. The first-order valence-corrected chi connectivity index (χ1v) is 8.03. The third-order valence-electron chi connectivity index (χ3n) is 4.27. The van der Waals surface area contributed by atoms with Crippen molar-refractivity contribution in [2.75, 3.05) is 5.32 Å². The molecule has 0 spiro atoms. The highest BCUT2D eigenvalue weighted by atomic mass is 16.2. The standard InChI is InChI=1S/C20H18N4O/c21-14-15-6-8-16(9-7-15)20(11-12-20)19(25)24-18(22)10-13-23-17-4-2-1-3-5-17/h1-10,13,23H,11-12H2,(H2,22,24,25)/b13-10-. The summed E-state index contributed by atoms with van der Waals surface area (Å²) in [5, 5.41) is 22.5. The summed E-state index contributed by atoms with van der Waals surface area (Å²) in [5.74, 6) is -0.139. The van der Waals surface area contributed by atoms with Crippen molar-refractivity contribution in [1.29, 1.82) is 10.7 Å². The van der Waals surface area contributed by atoms with Crippen molar-refractivity contribution in [2.45, 2.75) is 18.3 Å². The second-order valence-electron chi connectivity index (χ2n) is 5.98. The fourth-order valence-corrected chi connectivity index (χ4v) is 2.67. The Balaban J connectivity index is 1.59. The van der Waals surface area contributed by atoms with Gasteiger partial charge in [-0.1, -0.05) is 30.3 Å². The first kappa shape index (κ1) is 16.5. The summed E-state index contributed by atoms with van der Waals surface area (Å²) in [6.07, 6.45) is 4.65.